The van der Waals surface area contributed by atoms with Crippen LogP contribution in [0.3, 0.4) is 0 Å². The largest absolute Gasteiger partial charge is 0.673 e. The normalized spacial score (nSPS) is 31.7. The van der Waals surface area contributed by atoms with Crippen molar-refractivity contribution in [3.63, 3.8) is 0 Å². The van der Waals surface area contributed by atoms with Crippen LogP contribution < -0.4 is 0 Å². The maximum atomic E-state index is 13.6. The molecule has 3 saturated heterocycles. The van der Waals surface area contributed by atoms with Crippen molar-refractivity contribution in [2.24, 2.45) is 0 Å². The fourth-order valence-electron chi connectivity index (χ4n) is 2.32. The fourth-order valence-corrected chi connectivity index (χ4v) is 2.32. The summed E-state index contributed by atoms with van der Waals surface area (Å²) in [5, 5.41) is 0. The summed E-state index contributed by atoms with van der Waals surface area (Å²) in [4.78, 5) is 0. The summed E-state index contributed by atoms with van der Waals surface area (Å²) in [5.41, 5.74) is 0. The van der Waals surface area contributed by atoms with Gasteiger partial charge < -0.3 is 39.0 Å². The van der Waals surface area contributed by atoms with Gasteiger partial charge in [0, 0.05) is 0 Å². The van der Waals surface area contributed by atoms with E-state index in [2.05, 4.69) is 6.92 Å². The van der Waals surface area contributed by atoms with Gasteiger partial charge in [0.1, 0.15) is 19.6 Å². The number of nitrogens with zero attached hydrogens (tertiary/aromatic N) is 2. The van der Waals surface area contributed by atoms with Gasteiger partial charge in [-0.1, -0.05) is 0 Å². The Hall–Kier alpha value is -0.580. The van der Waals surface area contributed by atoms with E-state index in [-0.39, 0.29) is 4.71 Å². The van der Waals surface area contributed by atoms with E-state index in [1.54, 1.807) is 0 Å². The maximum Gasteiger partial charge on any atom is 0.673 e. The Labute approximate surface area is 116 Å². The van der Waals surface area contributed by atoms with Crippen LogP contribution in [0, 0.1) is 0 Å². The van der Waals surface area contributed by atoms with E-state index >= 15 is 0 Å². The Kier molecular flexibility index (Phi) is 6.92. The number of rotatable bonds is 1. The van der Waals surface area contributed by atoms with E-state index in [0.717, 1.165) is 39.3 Å². The number of likely N-dealkylation sites (N-methyl/N-ethyl adjacent to an activating group) is 1. The van der Waals surface area contributed by atoms with Crippen LogP contribution in [-0.2, 0) is 0 Å². The van der Waals surface area contributed by atoms with E-state index in [0.29, 0.717) is 0 Å². The van der Waals surface area contributed by atoms with Crippen molar-refractivity contribution < 1.29 is 48.2 Å². The van der Waals surface area contributed by atoms with Gasteiger partial charge in [0.25, 0.3) is 0 Å². The predicted octanol–water partition coefficient (Wildman–Crippen LogP) is 3.15. The van der Waals surface area contributed by atoms with Crippen molar-refractivity contribution in [1.29, 1.82) is 0 Å². The molecule has 0 saturated carbocycles. The van der Waals surface area contributed by atoms with Gasteiger partial charge in [-0.05, 0) is 11.4 Å². The lowest BCUT2D eigenvalue weighted by atomic mass is 10.1. The van der Waals surface area contributed by atoms with E-state index in [1.807, 2.05) is 0 Å². The molecule has 13 heteroatoms. The molecule has 0 aliphatic carbocycles. The van der Waals surface area contributed by atoms with Crippen LogP contribution in [-0.4, -0.2) is 69.5 Å². The molecule has 0 unspecified atom stereocenters. The summed E-state index contributed by atoms with van der Waals surface area (Å²) in [6, 6.07) is 0. The smallest absolute Gasteiger partial charge is 0.418 e. The van der Waals surface area contributed by atoms with E-state index in [4.69, 9.17) is 0 Å². The SMILES string of the molecule is CC[N+]12CC[N+](F)(CC1)CC2.F[B-](F)(F)F.F[B-](F)(F)F. The third-order valence-corrected chi connectivity index (χ3v) is 3.60. The summed E-state index contributed by atoms with van der Waals surface area (Å²) < 4.78 is 92.6. The summed E-state index contributed by atoms with van der Waals surface area (Å²) >= 11 is 0. The molecule has 2 bridgehead atoms. The predicted molar refractivity (Wildman–Crippen MR) is 61.7 cm³/mol. The number of halogens is 9. The first-order chi connectivity index (χ1) is 9.18. The maximum absolute atomic E-state index is 13.6. The molecule has 0 aromatic carbocycles. The van der Waals surface area contributed by atoms with Gasteiger partial charge in [0.05, 0.1) is 6.54 Å². The molecule has 3 rings (SSSR count). The van der Waals surface area contributed by atoms with Gasteiger partial charge in [0.2, 0.25) is 0 Å². The van der Waals surface area contributed by atoms with Crippen LogP contribution in [0.25, 0.3) is 0 Å². The first-order valence-electron chi connectivity index (χ1n) is 6.34. The number of hydrogen-bond donors (Lipinski definition) is 0. The Balaban J connectivity index is 0.000000340. The van der Waals surface area contributed by atoms with Crippen LogP contribution >= 0.6 is 0 Å². The van der Waals surface area contributed by atoms with E-state index in [9.17, 15) is 39.0 Å². The van der Waals surface area contributed by atoms with Crippen molar-refractivity contribution in [3.8, 4) is 0 Å². The lowest BCUT2D eigenvalue weighted by Crippen LogP contribution is -2.72. The number of hydrogen-bond acceptors (Lipinski definition) is 0. The monoisotopic (exact) mass is 334 g/mol. The van der Waals surface area contributed by atoms with Crippen LogP contribution in [0.2, 0.25) is 0 Å². The summed E-state index contributed by atoms with van der Waals surface area (Å²) in [6.45, 7) is 8.88. The van der Waals surface area contributed by atoms with Crippen molar-refractivity contribution in [3.05, 3.63) is 0 Å². The first-order valence-corrected chi connectivity index (χ1v) is 6.34. The Bertz CT molecular complexity index is 271. The first kappa shape index (κ1) is 20.4. The molecule has 0 aromatic heterocycles. The molecule has 0 atom stereocenters. The lowest BCUT2D eigenvalue weighted by molar-refractivity contribution is -1.15. The van der Waals surface area contributed by atoms with Crippen LogP contribution in [0.5, 0.6) is 0 Å². The fraction of sp³-hybridized carbons (Fsp3) is 1.00. The van der Waals surface area contributed by atoms with Gasteiger partial charge in [-0.2, -0.15) is 0 Å². The second kappa shape index (κ2) is 7.12. The van der Waals surface area contributed by atoms with Crippen LogP contribution in [0.15, 0.2) is 0 Å². The number of fused-ring (bicyclic) bond motifs is 3. The van der Waals surface area contributed by atoms with Gasteiger partial charge in [-0.3, -0.25) is 0 Å². The van der Waals surface area contributed by atoms with Gasteiger partial charge in [-0.25, -0.2) is 0 Å². The molecule has 0 radical (unpaired) electrons. The standard InChI is InChI=1S/C8H17FN2.2BF4/c1-2-10-3-6-11(9,7-4-10)8-5-10;2*2-1(3,4)5/h2-8H2,1H3;;/q+2;2*-1. The minimum atomic E-state index is -6.00. The zero-order chi connectivity index (χ0) is 16.9. The zero-order valence-corrected chi connectivity index (χ0v) is 11.4. The summed E-state index contributed by atoms with van der Waals surface area (Å²) in [7, 11) is -12.0. The minimum absolute atomic E-state index is 0.139. The molecule has 0 amide bonds. The minimum Gasteiger partial charge on any atom is -0.418 e. The third-order valence-electron chi connectivity index (χ3n) is 3.60. The number of piperazine rings is 3. The molecule has 3 aliphatic rings. The van der Waals surface area contributed by atoms with Gasteiger partial charge in [-0.15, -0.1) is 4.71 Å². The highest BCUT2D eigenvalue weighted by Gasteiger charge is 2.49. The molecule has 3 heterocycles. The highest BCUT2D eigenvalue weighted by Crippen LogP contribution is 2.26. The molecule has 21 heavy (non-hydrogen) atoms. The lowest BCUT2D eigenvalue weighted by Gasteiger charge is -2.49. The molecule has 0 spiro atoms. The van der Waals surface area contributed by atoms with E-state index < -0.39 is 14.5 Å². The average molecular weight is 334 g/mol. The van der Waals surface area contributed by atoms with Crippen molar-refractivity contribution in [2.75, 3.05) is 45.8 Å². The van der Waals surface area contributed by atoms with Gasteiger partial charge >= 0.3 is 14.5 Å². The van der Waals surface area contributed by atoms with Crippen LogP contribution in [0.4, 0.5) is 39.0 Å². The van der Waals surface area contributed by atoms with Crippen molar-refractivity contribution >= 4 is 14.5 Å². The van der Waals surface area contributed by atoms with Gasteiger partial charge in [0.15, 0.2) is 19.6 Å². The second-order valence-electron chi connectivity index (χ2n) is 5.02. The molecular formula is C8H17B2F9N2. The molecule has 0 aromatic rings. The van der Waals surface area contributed by atoms with Crippen LogP contribution in [0.1, 0.15) is 6.92 Å². The Morgan fingerprint density at radius 3 is 1.10 bits per heavy atom. The Morgan fingerprint density at radius 1 is 0.667 bits per heavy atom. The molecule has 0 N–H and O–H groups in total. The topological polar surface area (TPSA) is 0 Å². The molecular weight excluding hydrogens is 317 g/mol. The third kappa shape index (κ3) is 10.7. The summed E-state index contributed by atoms with van der Waals surface area (Å²) in [5.74, 6) is 0. The molecule has 2 nitrogen and oxygen atoms in total. The highest BCUT2D eigenvalue weighted by atomic mass is 19.5. The molecule has 3 aliphatic heterocycles. The quantitative estimate of drug-likeness (QED) is 0.299. The molecule has 3 fully saturated rings. The Morgan fingerprint density at radius 2 is 0.905 bits per heavy atom. The summed E-state index contributed by atoms with van der Waals surface area (Å²) in [6.07, 6.45) is 0. The second-order valence-corrected chi connectivity index (χ2v) is 5.02. The average Bonchev–Trinajstić information content (AvgIpc) is 2.26. The van der Waals surface area contributed by atoms with E-state index in [1.165, 1.54) is 11.0 Å². The highest BCUT2D eigenvalue weighted by molar-refractivity contribution is 6.50. The zero-order valence-electron chi connectivity index (χ0n) is 11.4. The molecule has 128 valence electrons. The van der Waals surface area contributed by atoms with Crippen molar-refractivity contribution in [1.82, 2.24) is 0 Å². The van der Waals surface area contributed by atoms with Crippen molar-refractivity contribution in [2.45, 2.75) is 6.92 Å². The number of quaternary nitrogens is 2.